The van der Waals surface area contributed by atoms with Gasteiger partial charge in [0.25, 0.3) is 0 Å². The van der Waals surface area contributed by atoms with Crippen molar-refractivity contribution in [2.75, 3.05) is 7.05 Å². The van der Waals surface area contributed by atoms with Crippen molar-refractivity contribution >= 4 is 39.1 Å². The maximum atomic E-state index is 13.9. The lowest BCUT2D eigenvalue weighted by Gasteiger charge is -2.18. The van der Waals surface area contributed by atoms with E-state index in [1.54, 1.807) is 12.1 Å². The third-order valence-electron chi connectivity index (χ3n) is 3.11. The zero-order valence-corrected chi connectivity index (χ0v) is 13.9. The van der Waals surface area contributed by atoms with Crippen molar-refractivity contribution in [2.24, 2.45) is 0 Å². The molecule has 5 heteroatoms. The predicted molar refractivity (Wildman–Crippen MR) is 86.1 cm³/mol. The van der Waals surface area contributed by atoms with E-state index >= 15 is 0 Å². The van der Waals surface area contributed by atoms with Gasteiger partial charge < -0.3 is 5.32 Å². The van der Waals surface area contributed by atoms with Gasteiger partial charge in [-0.15, -0.1) is 0 Å². The van der Waals surface area contributed by atoms with Crippen LogP contribution in [0.15, 0.2) is 40.9 Å². The molecule has 106 valence electrons. The summed E-state index contributed by atoms with van der Waals surface area (Å²) in [7, 11) is 1.83. The minimum absolute atomic E-state index is 0.0700. The number of nitrogens with one attached hydrogen (secondary N) is 1. The predicted octanol–water partition coefficient (Wildman–Crippen LogP) is 5.40. The molecule has 0 saturated heterocycles. The zero-order chi connectivity index (χ0) is 14.7. The van der Waals surface area contributed by atoms with Gasteiger partial charge in [0, 0.05) is 26.1 Å². The second-order valence-corrected chi connectivity index (χ2v) is 6.21. The highest BCUT2D eigenvalue weighted by atomic mass is 79.9. The fourth-order valence-corrected chi connectivity index (χ4v) is 3.22. The SMILES string of the molecule is CNC(Cc1c(F)cccc1Cl)c1cc(Cl)cc(Br)c1. The molecule has 1 unspecified atom stereocenters. The van der Waals surface area contributed by atoms with Crippen molar-refractivity contribution in [3.8, 4) is 0 Å². The highest BCUT2D eigenvalue weighted by molar-refractivity contribution is 9.10. The van der Waals surface area contributed by atoms with Crippen LogP contribution in [0.5, 0.6) is 0 Å². The fraction of sp³-hybridized carbons (Fsp3) is 0.200. The van der Waals surface area contributed by atoms with Crippen LogP contribution in [0.2, 0.25) is 10.0 Å². The van der Waals surface area contributed by atoms with Crippen LogP contribution in [-0.4, -0.2) is 7.05 Å². The van der Waals surface area contributed by atoms with Crippen LogP contribution in [0.3, 0.4) is 0 Å². The summed E-state index contributed by atoms with van der Waals surface area (Å²) < 4.78 is 14.8. The Kier molecular flexibility index (Phi) is 5.44. The Balaban J connectivity index is 2.33. The van der Waals surface area contributed by atoms with E-state index in [4.69, 9.17) is 23.2 Å². The Labute approximate surface area is 136 Å². The van der Waals surface area contributed by atoms with Gasteiger partial charge in [-0.3, -0.25) is 0 Å². The van der Waals surface area contributed by atoms with Crippen molar-refractivity contribution in [3.05, 3.63) is 67.9 Å². The molecule has 2 rings (SSSR count). The summed E-state index contributed by atoms with van der Waals surface area (Å²) in [5, 5.41) is 4.24. The molecule has 2 aromatic rings. The largest absolute Gasteiger partial charge is 0.313 e. The molecule has 0 heterocycles. The van der Waals surface area contributed by atoms with Crippen LogP contribution in [-0.2, 0) is 6.42 Å². The lowest BCUT2D eigenvalue weighted by atomic mass is 9.98. The van der Waals surface area contributed by atoms with Gasteiger partial charge in [-0.1, -0.05) is 45.2 Å². The normalized spacial score (nSPS) is 12.4. The third-order valence-corrected chi connectivity index (χ3v) is 4.14. The van der Waals surface area contributed by atoms with E-state index in [-0.39, 0.29) is 11.9 Å². The molecule has 1 atom stereocenters. The number of halogens is 4. The van der Waals surface area contributed by atoms with Gasteiger partial charge >= 0.3 is 0 Å². The van der Waals surface area contributed by atoms with Gasteiger partial charge in [-0.25, -0.2) is 4.39 Å². The second kappa shape index (κ2) is 6.90. The summed E-state index contributed by atoms with van der Waals surface area (Å²) in [5.74, 6) is -0.293. The smallest absolute Gasteiger partial charge is 0.127 e. The lowest BCUT2D eigenvalue weighted by Crippen LogP contribution is -2.19. The molecule has 0 radical (unpaired) electrons. The van der Waals surface area contributed by atoms with Crippen LogP contribution in [0.4, 0.5) is 4.39 Å². The first-order chi connectivity index (χ1) is 9.51. The van der Waals surface area contributed by atoms with Crippen LogP contribution >= 0.6 is 39.1 Å². The molecule has 2 aromatic carbocycles. The van der Waals surface area contributed by atoms with E-state index < -0.39 is 0 Å². The first kappa shape index (κ1) is 15.8. The van der Waals surface area contributed by atoms with E-state index in [2.05, 4.69) is 21.2 Å². The fourth-order valence-electron chi connectivity index (χ4n) is 2.09. The minimum Gasteiger partial charge on any atom is -0.313 e. The van der Waals surface area contributed by atoms with Crippen molar-refractivity contribution in [1.82, 2.24) is 5.32 Å². The molecule has 0 spiro atoms. The monoisotopic (exact) mass is 375 g/mol. The molecular formula is C15H13BrCl2FN. The molecule has 0 aliphatic heterocycles. The van der Waals surface area contributed by atoms with Crippen molar-refractivity contribution < 1.29 is 4.39 Å². The highest BCUT2D eigenvalue weighted by Crippen LogP contribution is 2.29. The molecule has 1 nitrogen and oxygen atoms in total. The highest BCUT2D eigenvalue weighted by Gasteiger charge is 2.16. The molecule has 0 aliphatic carbocycles. The molecular weight excluding hydrogens is 364 g/mol. The Morgan fingerprint density at radius 1 is 1.25 bits per heavy atom. The van der Waals surface area contributed by atoms with Crippen molar-refractivity contribution in [1.29, 1.82) is 0 Å². The Hall–Kier alpha value is -0.610. The molecule has 0 bridgehead atoms. The molecule has 0 aliphatic rings. The Morgan fingerprint density at radius 2 is 2.00 bits per heavy atom. The lowest BCUT2D eigenvalue weighted by molar-refractivity contribution is 0.554. The molecule has 0 aromatic heterocycles. The Morgan fingerprint density at radius 3 is 2.60 bits per heavy atom. The molecule has 0 fully saturated rings. The van der Waals surface area contributed by atoms with E-state index in [1.165, 1.54) is 6.07 Å². The average molecular weight is 377 g/mol. The molecule has 20 heavy (non-hydrogen) atoms. The third kappa shape index (κ3) is 3.73. The first-order valence-corrected chi connectivity index (χ1v) is 7.62. The quantitative estimate of drug-likeness (QED) is 0.753. The minimum atomic E-state index is -0.293. The van der Waals surface area contributed by atoms with Crippen LogP contribution < -0.4 is 5.32 Å². The zero-order valence-electron chi connectivity index (χ0n) is 10.8. The van der Waals surface area contributed by atoms with Gasteiger partial charge in [-0.2, -0.15) is 0 Å². The molecule has 0 amide bonds. The first-order valence-electron chi connectivity index (χ1n) is 6.07. The van der Waals surface area contributed by atoms with Crippen LogP contribution in [0.1, 0.15) is 17.2 Å². The summed E-state index contributed by atoms with van der Waals surface area (Å²) in [6.45, 7) is 0. The summed E-state index contributed by atoms with van der Waals surface area (Å²) in [6.07, 6.45) is 0.453. The number of likely N-dealkylation sites (N-methyl/N-ethyl adjacent to an activating group) is 1. The van der Waals surface area contributed by atoms with Gasteiger partial charge in [0.15, 0.2) is 0 Å². The van der Waals surface area contributed by atoms with Crippen LogP contribution in [0.25, 0.3) is 0 Å². The van der Waals surface area contributed by atoms with Gasteiger partial charge in [0.05, 0.1) is 0 Å². The van der Waals surface area contributed by atoms with E-state index in [9.17, 15) is 4.39 Å². The number of rotatable bonds is 4. The van der Waals surface area contributed by atoms with Crippen molar-refractivity contribution in [2.45, 2.75) is 12.5 Å². The maximum Gasteiger partial charge on any atom is 0.127 e. The summed E-state index contributed by atoms with van der Waals surface area (Å²) in [5.41, 5.74) is 1.48. The standard InChI is InChI=1S/C15H13BrCl2FN/c1-20-15(9-5-10(16)7-11(17)6-9)8-12-13(18)3-2-4-14(12)19/h2-7,15,20H,8H2,1H3. The topological polar surface area (TPSA) is 12.0 Å². The van der Waals surface area contributed by atoms with E-state index in [1.807, 2.05) is 25.2 Å². The maximum absolute atomic E-state index is 13.9. The van der Waals surface area contributed by atoms with Gasteiger partial charge in [0.1, 0.15) is 5.82 Å². The summed E-state index contributed by atoms with van der Waals surface area (Å²) in [6, 6.07) is 10.3. The number of benzene rings is 2. The van der Waals surface area contributed by atoms with Gasteiger partial charge in [0.2, 0.25) is 0 Å². The van der Waals surface area contributed by atoms with Gasteiger partial charge in [-0.05, 0) is 49.4 Å². The van der Waals surface area contributed by atoms with Crippen LogP contribution in [0, 0.1) is 5.82 Å². The molecule has 0 saturated carbocycles. The van der Waals surface area contributed by atoms with Crippen molar-refractivity contribution in [3.63, 3.8) is 0 Å². The Bertz CT molecular complexity index is 578. The summed E-state index contributed by atoms with van der Waals surface area (Å²) in [4.78, 5) is 0. The van der Waals surface area contributed by atoms with E-state index in [0.717, 1.165) is 10.0 Å². The van der Waals surface area contributed by atoms with E-state index in [0.29, 0.717) is 22.0 Å². The second-order valence-electron chi connectivity index (χ2n) is 4.45. The number of hydrogen-bond donors (Lipinski definition) is 1. The average Bonchev–Trinajstić information content (AvgIpc) is 2.37. The summed E-state index contributed by atoms with van der Waals surface area (Å²) >= 11 is 15.5. The molecule has 1 N–H and O–H groups in total. The number of hydrogen-bond acceptors (Lipinski definition) is 1.